The zero-order valence-electron chi connectivity index (χ0n) is 17.6. The third kappa shape index (κ3) is 4.11. The Kier molecular flexibility index (Phi) is 5.99. The predicted molar refractivity (Wildman–Crippen MR) is 125 cm³/mol. The summed E-state index contributed by atoms with van der Waals surface area (Å²) in [6, 6.07) is 13.8. The number of nitriles is 1. The van der Waals surface area contributed by atoms with Crippen LogP contribution in [0.1, 0.15) is 39.5 Å². The molecule has 1 aliphatic carbocycles. The number of rotatable bonds is 3. The molecule has 0 unspecified atom stereocenters. The van der Waals surface area contributed by atoms with Gasteiger partial charge in [0.25, 0.3) is 5.91 Å². The Hall–Kier alpha value is -3.96. The van der Waals surface area contributed by atoms with Crippen LogP contribution >= 0.6 is 11.8 Å². The lowest BCUT2D eigenvalue weighted by molar-refractivity contribution is 0.0935. The van der Waals surface area contributed by atoms with E-state index in [1.165, 1.54) is 23.9 Å². The van der Waals surface area contributed by atoms with Crippen molar-refractivity contribution in [2.75, 3.05) is 6.26 Å². The summed E-state index contributed by atoms with van der Waals surface area (Å²) in [7, 11) is 0. The van der Waals surface area contributed by atoms with E-state index >= 15 is 0 Å². The first-order chi connectivity index (χ1) is 15.8. The van der Waals surface area contributed by atoms with Gasteiger partial charge in [0.1, 0.15) is 0 Å². The van der Waals surface area contributed by atoms with E-state index in [1.807, 2.05) is 6.07 Å². The van der Waals surface area contributed by atoms with Gasteiger partial charge in [-0.15, -0.1) is 11.8 Å². The molecule has 1 amide bonds. The van der Waals surface area contributed by atoms with Crippen LogP contribution in [0.5, 0.6) is 17.2 Å². The van der Waals surface area contributed by atoms with E-state index in [1.54, 1.807) is 42.7 Å². The van der Waals surface area contributed by atoms with Gasteiger partial charge in [0.05, 0.1) is 22.6 Å². The maximum atomic E-state index is 13.0. The molecule has 3 aromatic carbocycles. The minimum atomic E-state index is -0.640. The quantitative estimate of drug-likeness (QED) is 0.345. The van der Waals surface area contributed by atoms with Gasteiger partial charge in [0, 0.05) is 11.1 Å². The van der Waals surface area contributed by atoms with E-state index < -0.39 is 23.3 Å². The van der Waals surface area contributed by atoms with Gasteiger partial charge in [-0.1, -0.05) is 6.07 Å². The van der Waals surface area contributed by atoms with E-state index in [0.717, 1.165) is 0 Å². The van der Waals surface area contributed by atoms with Gasteiger partial charge in [0.15, 0.2) is 16.9 Å². The summed E-state index contributed by atoms with van der Waals surface area (Å²) in [5.41, 5.74) is 2.46. The Bertz CT molecular complexity index is 1360. The zero-order chi connectivity index (χ0) is 23.7. The summed E-state index contributed by atoms with van der Waals surface area (Å²) < 4.78 is 0. The lowest BCUT2D eigenvalue weighted by Gasteiger charge is -2.18. The van der Waals surface area contributed by atoms with Gasteiger partial charge in [-0.3, -0.25) is 9.59 Å². The lowest BCUT2D eigenvalue weighted by atomic mass is 9.95. The number of nitrogens with one attached hydrogen (secondary N) is 1. The molecule has 0 aromatic heterocycles. The molecule has 0 aliphatic heterocycles. The number of amides is 1. The molecule has 0 saturated carbocycles. The van der Waals surface area contributed by atoms with Crippen LogP contribution < -0.4 is 10.7 Å². The van der Waals surface area contributed by atoms with Gasteiger partial charge in [-0.25, -0.2) is 0 Å². The molecule has 7 nitrogen and oxygen atoms in total. The topological polar surface area (TPSA) is 131 Å². The molecule has 1 atom stereocenters. The molecule has 166 valence electrons. The Morgan fingerprint density at radius 1 is 1.09 bits per heavy atom. The van der Waals surface area contributed by atoms with Crippen molar-refractivity contribution in [2.45, 2.75) is 23.8 Å². The highest BCUT2D eigenvalue weighted by Crippen LogP contribution is 2.48. The third-order valence-electron chi connectivity index (χ3n) is 5.73. The monoisotopic (exact) mass is 460 g/mol. The normalized spacial score (nSPS) is 14.4. The molecular formula is C25H20N2O5S. The first-order valence-corrected chi connectivity index (χ1v) is 11.4. The van der Waals surface area contributed by atoms with Crippen LogP contribution in [-0.2, 0) is 6.42 Å². The van der Waals surface area contributed by atoms with Crippen LogP contribution in [0.2, 0.25) is 0 Å². The average Bonchev–Trinajstić information content (AvgIpc) is 3.06. The molecule has 3 aromatic rings. The Labute approximate surface area is 194 Å². The smallest absolute Gasteiger partial charge is 0.251 e. The fourth-order valence-electron chi connectivity index (χ4n) is 4.05. The molecule has 8 heteroatoms. The van der Waals surface area contributed by atoms with Crippen molar-refractivity contribution in [3.05, 3.63) is 81.0 Å². The van der Waals surface area contributed by atoms with Crippen LogP contribution in [-0.4, -0.2) is 27.5 Å². The first kappa shape index (κ1) is 22.2. The number of carbonyl (C=O) groups excluding carboxylic acids is 1. The van der Waals surface area contributed by atoms with Crippen molar-refractivity contribution in [1.82, 2.24) is 5.32 Å². The summed E-state index contributed by atoms with van der Waals surface area (Å²) in [6.07, 6.45) is 2.54. The van der Waals surface area contributed by atoms with E-state index in [-0.39, 0.29) is 11.3 Å². The van der Waals surface area contributed by atoms with Crippen molar-refractivity contribution in [3.8, 4) is 34.4 Å². The summed E-state index contributed by atoms with van der Waals surface area (Å²) in [6.45, 7) is 0. The molecule has 0 fully saturated rings. The number of benzene rings is 2. The molecule has 0 spiro atoms. The molecule has 4 rings (SSSR count). The number of aromatic hydroxyl groups is 3. The highest BCUT2D eigenvalue weighted by molar-refractivity contribution is 7.98. The third-order valence-corrected chi connectivity index (χ3v) is 6.50. The van der Waals surface area contributed by atoms with Crippen LogP contribution in [0.4, 0.5) is 0 Å². The molecule has 0 bridgehead atoms. The zero-order valence-corrected chi connectivity index (χ0v) is 18.4. The molecule has 0 saturated heterocycles. The molecule has 4 N–H and O–H groups in total. The number of hydrogen-bond acceptors (Lipinski definition) is 7. The molecule has 0 heterocycles. The standard InChI is InChI=1S/C25H20N2O5S/c1-33-21-9-7-16-17(11-19(21)28)18(27-25(32)14-4-2-13(12-26)3-5-14)8-6-15-10-20(29)23(30)24(31)22(15)16/h2-5,7,9-11,18,29-31H,6,8H2,1H3,(H,27,32)/t18-/m0/s1. The molecule has 1 aliphatic rings. The maximum absolute atomic E-state index is 13.0. The number of nitrogens with zero attached hydrogens (tertiary/aromatic N) is 1. The number of carbonyl (C=O) groups is 1. The Balaban J connectivity index is 1.86. The Morgan fingerprint density at radius 3 is 2.48 bits per heavy atom. The van der Waals surface area contributed by atoms with E-state index in [9.17, 15) is 24.9 Å². The number of thioether (sulfide) groups is 1. The first-order valence-electron chi connectivity index (χ1n) is 10.1. The van der Waals surface area contributed by atoms with E-state index in [0.29, 0.717) is 51.1 Å². The van der Waals surface area contributed by atoms with Crippen molar-refractivity contribution in [3.63, 3.8) is 0 Å². The van der Waals surface area contributed by atoms with Crippen molar-refractivity contribution >= 4 is 17.7 Å². The van der Waals surface area contributed by atoms with Gasteiger partial charge in [-0.2, -0.15) is 5.26 Å². The predicted octanol–water partition coefficient (Wildman–Crippen LogP) is 3.84. The largest absolute Gasteiger partial charge is 0.504 e. The van der Waals surface area contributed by atoms with E-state index in [4.69, 9.17) is 5.26 Å². The number of phenols is 3. The van der Waals surface area contributed by atoms with Crippen molar-refractivity contribution in [1.29, 1.82) is 5.26 Å². The average molecular weight is 461 g/mol. The summed E-state index contributed by atoms with van der Waals surface area (Å²) >= 11 is 1.28. The van der Waals surface area contributed by atoms with E-state index in [2.05, 4.69) is 5.32 Å². The van der Waals surface area contributed by atoms with Crippen molar-refractivity contribution < 1.29 is 20.1 Å². The second-order valence-corrected chi connectivity index (χ2v) is 8.51. The minimum absolute atomic E-state index is 0.229. The van der Waals surface area contributed by atoms with Gasteiger partial charge in [-0.05, 0) is 78.3 Å². The van der Waals surface area contributed by atoms with Crippen LogP contribution in [0.25, 0.3) is 11.1 Å². The molecular weight excluding hydrogens is 440 g/mol. The lowest BCUT2D eigenvalue weighted by Crippen LogP contribution is -2.29. The number of phenolic OH excluding ortho intramolecular Hbond substituents is 3. The number of hydrogen-bond donors (Lipinski definition) is 4. The fraction of sp³-hybridized carbons (Fsp3) is 0.160. The summed E-state index contributed by atoms with van der Waals surface area (Å²) in [5, 5.41) is 42.7. The highest BCUT2D eigenvalue weighted by atomic mass is 32.2. The number of fused-ring (bicyclic) bond motifs is 3. The van der Waals surface area contributed by atoms with Crippen molar-refractivity contribution in [2.24, 2.45) is 0 Å². The van der Waals surface area contributed by atoms with Crippen LogP contribution in [0.3, 0.4) is 0 Å². The Morgan fingerprint density at radius 2 is 1.82 bits per heavy atom. The minimum Gasteiger partial charge on any atom is -0.504 e. The summed E-state index contributed by atoms with van der Waals surface area (Å²) in [4.78, 5) is 26.3. The number of aryl methyl sites for hydroxylation is 1. The fourth-order valence-corrected chi connectivity index (χ4v) is 4.51. The van der Waals surface area contributed by atoms with Gasteiger partial charge >= 0.3 is 0 Å². The SMILES string of the molecule is CSc1ccc2c(cc1=O)[C@@H](NC(=O)c1ccc(C#N)cc1)CCc1cc(O)c(O)c(O)c1-2. The van der Waals surface area contributed by atoms with Crippen LogP contribution in [0, 0.1) is 11.3 Å². The van der Waals surface area contributed by atoms with Gasteiger partial charge in [0.2, 0.25) is 5.75 Å². The molecule has 33 heavy (non-hydrogen) atoms. The maximum Gasteiger partial charge on any atom is 0.251 e. The summed E-state index contributed by atoms with van der Waals surface area (Å²) in [5.74, 6) is -1.93. The second-order valence-electron chi connectivity index (χ2n) is 7.66. The van der Waals surface area contributed by atoms with Gasteiger partial charge < -0.3 is 20.6 Å². The molecule has 0 radical (unpaired) electrons. The second kappa shape index (κ2) is 8.88. The van der Waals surface area contributed by atoms with Crippen LogP contribution in [0.15, 0.2) is 58.2 Å². The highest BCUT2D eigenvalue weighted by Gasteiger charge is 2.28.